The largest absolute Gasteiger partial charge is 0.481 e. The van der Waals surface area contributed by atoms with Crippen molar-refractivity contribution in [3.05, 3.63) is 28.7 Å². The molecular formula is C16H20N2O6S. The molecule has 1 N–H and O–H groups in total. The lowest BCUT2D eigenvalue weighted by atomic mass is 9.92. The zero-order valence-corrected chi connectivity index (χ0v) is 14.8. The minimum absolute atomic E-state index is 0.00441. The average molecular weight is 368 g/mol. The molecule has 2 heterocycles. The maximum atomic E-state index is 12.9. The van der Waals surface area contributed by atoms with Gasteiger partial charge in [0.2, 0.25) is 10.0 Å². The fourth-order valence-electron chi connectivity index (χ4n) is 3.33. The topological polar surface area (TPSA) is 110 Å². The van der Waals surface area contributed by atoms with Crippen LogP contribution in [0.15, 0.2) is 32.3 Å². The van der Waals surface area contributed by atoms with Gasteiger partial charge >= 0.3 is 11.7 Å². The number of fused-ring (bicyclic) bond motifs is 1. The Hall–Kier alpha value is -2.13. The van der Waals surface area contributed by atoms with Crippen LogP contribution in [-0.2, 0) is 21.4 Å². The van der Waals surface area contributed by atoms with Crippen molar-refractivity contribution in [2.45, 2.75) is 31.7 Å². The fourth-order valence-corrected chi connectivity index (χ4v) is 4.95. The van der Waals surface area contributed by atoms with Crippen LogP contribution in [0.2, 0.25) is 0 Å². The second-order valence-electron chi connectivity index (χ2n) is 6.44. The van der Waals surface area contributed by atoms with Crippen molar-refractivity contribution < 1.29 is 22.7 Å². The molecule has 1 aromatic heterocycles. The Bertz CT molecular complexity index is 974. The summed E-state index contributed by atoms with van der Waals surface area (Å²) < 4.78 is 33.6. The summed E-state index contributed by atoms with van der Waals surface area (Å²) >= 11 is 0. The molecular weight excluding hydrogens is 348 g/mol. The summed E-state index contributed by atoms with van der Waals surface area (Å²) in [5.41, 5.74) is 0.731. The highest BCUT2D eigenvalue weighted by molar-refractivity contribution is 7.89. The SMILES string of the molecule is CCn1c(=O)oc2cc(S(=O)(=O)N3CC(C)CC(C(=O)O)C3)ccc21. The van der Waals surface area contributed by atoms with Gasteiger partial charge in [0.25, 0.3) is 0 Å². The number of nitrogens with zero attached hydrogens (tertiary/aromatic N) is 2. The number of benzene rings is 1. The molecule has 2 aromatic rings. The second kappa shape index (κ2) is 6.30. The summed E-state index contributed by atoms with van der Waals surface area (Å²) in [6.07, 6.45) is 0.453. The predicted octanol–water partition coefficient (Wildman–Crippen LogP) is 1.35. The van der Waals surface area contributed by atoms with E-state index in [1.807, 2.05) is 6.92 Å². The number of hydrogen-bond donors (Lipinski definition) is 1. The van der Waals surface area contributed by atoms with Crippen molar-refractivity contribution in [2.75, 3.05) is 13.1 Å². The maximum Gasteiger partial charge on any atom is 0.419 e. The smallest absolute Gasteiger partial charge is 0.419 e. The first kappa shape index (κ1) is 17.7. The first-order valence-corrected chi connectivity index (χ1v) is 9.54. The van der Waals surface area contributed by atoms with Crippen molar-refractivity contribution in [1.82, 2.24) is 8.87 Å². The highest BCUT2D eigenvalue weighted by Crippen LogP contribution is 2.28. The molecule has 25 heavy (non-hydrogen) atoms. The number of sulfonamides is 1. The van der Waals surface area contributed by atoms with Crippen molar-refractivity contribution in [3.63, 3.8) is 0 Å². The molecule has 0 saturated carbocycles. The number of carbonyl (C=O) groups is 1. The van der Waals surface area contributed by atoms with Crippen molar-refractivity contribution >= 4 is 27.1 Å². The highest BCUT2D eigenvalue weighted by Gasteiger charge is 2.36. The number of hydrogen-bond acceptors (Lipinski definition) is 5. The molecule has 1 saturated heterocycles. The summed E-state index contributed by atoms with van der Waals surface area (Å²) in [6.45, 7) is 4.26. The van der Waals surface area contributed by atoms with Crippen molar-refractivity contribution in [2.24, 2.45) is 11.8 Å². The van der Waals surface area contributed by atoms with E-state index >= 15 is 0 Å². The third-order valence-corrected chi connectivity index (χ3v) is 6.40. The molecule has 3 rings (SSSR count). The van der Waals surface area contributed by atoms with Crippen LogP contribution in [0.4, 0.5) is 0 Å². The van der Waals surface area contributed by atoms with Crippen LogP contribution >= 0.6 is 0 Å². The highest BCUT2D eigenvalue weighted by atomic mass is 32.2. The number of piperidine rings is 1. The Morgan fingerprint density at radius 1 is 1.36 bits per heavy atom. The quantitative estimate of drug-likeness (QED) is 0.872. The molecule has 1 aromatic carbocycles. The third kappa shape index (κ3) is 3.09. The molecule has 136 valence electrons. The summed E-state index contributed by atoms with van der Waals surface area (Å²) in [7, 11) is -3.86. The van der Waals surface area contributed by atoms with E-state index in [1.54, 1.807) is 13.0 Å². The maximum absolute atomic E-state index is 12.9. The lowest BCUT2D eigenvalue weighted by Gasteiger charge is -2.33. The van der Waals surface area contributed by atoms with Crippen LogP contribution in [0.5, 0.6) is 0 Å². The van der Waals surface area contributed by atoms with E-state index in [0.717, 1.165) is 0 Å². The van der Waals surface area contributed by atoms with Gasteiger partial charge in [-0.1, -0.05) is 6.92 Å². The van der Waals surface area contributed by atoms with Gasteiger partial charge in [-0.15, -0.1) is 0 Å². The number of carboxylic acids is 1. The second-order valence-corrected chi connectivity index (χ2v) is 8.38. The Morgan fingerprint density at radius 2 is 2.08 bits per heavy atom. The number of aryl methyl sites for hydroxylation is 1. The van der Waals surface area contributed by atoms with Gasteiger partial charge in [-0.3, -0.25) is 9.36 Å². The van der Waals surface area contributed by atoms with Gasteiger partial charge in [-0.2, -0.15) is 4.31 Å². The molecule has 1 aliphatic heterocycles. The van der Waals surface area contributed by atoms with Gasteiger partial charge in [-0.05, 0) is 31.4 Å². The van der Waals surface area contributed by atoms with Gasteiger partial charge in [-0.25, -0.2) is 13.2 Å². The zero-order chi connectivity index (χ0) is 18.4. The lowest BCUT2D eigenvalue weighted by Crippen LogP contribution is -2.45. The van der Waals surface area contributed by atoms with Crippen LogP contribution in [0, 0.1) is 11.8 Å². The minimum Gasteiger partial charge on any atom is -0.481 e. The lowest BCUT2D eigenvalue weighted by molar-refractivity contribution is -0.143. The molecule has 0 spiro atoms. The van der Waals surface area contributed by atoms with Gasteiger partial charge in [0.15, 0.2) is 5.58 Å². The molecule has 2 unspecified atom stereocenters. The minimum atomic E-state index is -3.86. The van der Waals surface area contributed by atoms with Gasteiger partial charge in [0.1, 0.15) is 0 Å². The van der Waals surface area contributed by atoms with E-state index in [-0.39, 0.29) is 29.5 Å². The number of carboxylic acid groups (broad SMARTS) is 1. The first-order valence-electron chi connectivity index (χ1n) is 8.10. The molecule has 8 nitrogen and oxygen atoms in total. The van der Waals surface area contributed by atoms with Crippen molar-refractivity contribution in [3.8, 4) is 0 Å². The van der Waals surface area contributed by atoms with E-state index in [2.05, 4.69) is 0 Å². The van der Waals surface area contributed by atoms with E-state index in [1.165, 1.54) is 21.0 Å². The summed E-state index contributed by atoms with van der Waals surface area (Å²) in [5.74, 6) is -2.30. The number of aromatic nitrogens is 1. The average Bonchev–Trinajstić information content (AvgIpc) is 2.88. The molecule has 0 radical (unpaired) electrons. The normalized spacial score (nSPS) is 22.3. The molecule has 0 amide bonds. The van der Waals surface area contributed by atoms with E-state index in [4.69, 9.17) is 4.42 Å². The van der Waals surface area contributed by atoms with Crippen LogP contribution in [0.1, 0.15) is 20.3 Å². The summed E-state index contributed by atoms with van der Waals surface area (Å²) in [4.78, 5) is 23.0. The van der Waals surface area contributed by atoms with E-state index in [9.17, 15) is 23.1 Å². The zero-order valence-electron chi connectivity index (χ0n) is 14.0. The first-order chi connectivity index (χ1) is 11.7. The molecule has 0 bridgehead atoms. The third-order valence-electron chi connectivity index (χ3n) is 4.57. The van der Waals surface area contributed by atoms with Crippen LogP contribution in [-0.4, -0.2) is 41.5 Å². The molecule has 1 aliphatic rings. The van der Waals surface area contributed by atoms with Gasteiger partial charge in [0.05, 0.1) is 16.3 Å². The standard InChI is InChI=1S/C16H20N2O6S/c1-3-18-13-5-4-12(7-14(13)24-16(18)21)25(22,23)17-8-10(2)6-11(9-17)15(19)20/h4-5,7,10-11H,3,6,8-9H2,1-2H3,(H,19,20). The number of aliphatic carboxylic acids is 1. The van der Waals surface area contributed by atoms with Crippen molar-refractivity contribution in [1.29, 1.82) is 0 Å². The summed E-state index contributed by atoms with van der Waals surface area (Å²) in [5, 5.41) is 9.24. The Morgan fingerprint density at radius 3 is 2.72 bits per heavy atom. The van der Waals surface area contributed by atoms with Crippen LogP contribution in [0.25, 0.3) is 11.1 Å². The fraction of sp³-hybridized carbons (Fsp3) is 0.500. The summed E-state index contributed by atoms with van der Waals surface area (Å²) in [6, 6.07) is 4.29. The number of oxazole rings is 1. The van der Waals surface area contributed by atoms with E-state index in [0.29, 0.717) is 18.5 Å². The van der Waals surface area contributed by atoms with Crippen LogP contribution in [0.3, 0.4) is 0 Å². The molecule has 2 atom stereocenters. The van der Waals surface area contributed by atoms with Crippen LogP contribution < -0.4 is 5.76 Å². The molecule has 1 fully saturated rings. The Kier molecular flexibility index (Phi) is 4.46. The Balaban J connectivity index is 2.00. The Labute approximate surface area is 144 Å². The molecule has 9 heteroatoms. The monoisotopic (exact) mass is 368 g/mol. The van der Waals surface area contributed by atoms with E-state index < -0.39 is 27.7 Å². The van der Waals surface area contributed by atoms with Gasteiger partial charge < -0.3 is 9.52 Å². The number of rotatable bonds is 4. The van der Waals surface area contributed by atoms with Gasteiger partial charge in [0, 0.05) is 25.7 Å². The predicted molar refractivity (Wildman–Crippen MR) is 89.8 cm³/mol. The molecule has 0 aliphatic carbocycles.